The van der Waals surface area contributed by atoms with Gasteiger partial charge in [-0.2, -0.15) is 13.2 Å². The first kappa shape index (κ1) is 17.7. The second-order valence-corrected chi connectivity index (χ2v) is 7.29. The van der Waals surface area contributed by atoms with Crippen molar-refractivity contribution in [3.8, 4) is 0 Å². The Labute approximate surface area is 148 Å². The van der Waals surface area contributed by atoms with Gasteiger partial charge in [0.2, 0.25) is 0 Å². The van der Waals surface area contributed by atoms with Gasteiger partial charge < -0.3 is 0 Å². The van der Waals surface area contributed by atoms with E-state index in [1.807, 2.05) is 32.0 Å². The lowest BCUT2D eigenvalue weighted by Crippen LogP contribution is -2.04. The van der Waals surface area contributed by atoms with Crippen molar-refractivity contribution in [3.63, 3.8) is 0 Å². The van der Waals surface area contributed by atoms with E-state index in [4.69, 9.17) is 0 Å². The average Bonchev–Trinajstić information content (AvgIpc) is 2.87. The minimum atomic E-state index is -4.34. The van der Waals surface area contributed by atoms with Gasteiger partial charge >= 0.3 is 6.18 Å². The molecule has 0 aliphatic carbocycles. The Kier molecular flexibility index (Phi) is 4.69. The van der Waals surface area contributed by atoms with E-state index in [0.29, 0.717) is 23.8 Å². The molecule has 0 amide bonds. The van der Waals surface area contributed by atoms with E-state index in [9.17, 15) is 18.0 Å². The van der Waals surface area contributed by atoms with Crippen LogP contribution in [0.4, 0.5) is 13.2 Å². The Morgan fingerprint density at radius 3 is 2.52 bits per heavy atom. The van der Waals surface area contributed by atoms with Gasteiger partial charge in [-0.3, -0.25) is 4.79 Å². The highest BCUT2D eigenvalue weighted by atomic mass is 32.1. The molecular weight excluding hydrogens is 345 g/mol. The van der Waals surface area contributed by atoms with E-state index in [0.717, 1.165) is 26.8 Å². The monoisotopic (exact) mass is 362 g/mol. The van der Waals surface area contributed by atoms with Gasteiger partial charge in [0.1, 0.15) is 0 Å². The van der Waals surface area contributed by atoms with Crippen LogP contribution in [0.15, 0.2) is 42.5 Å². The highest BCUT2D eigenvalue weighted by Crippen LogP contribution is 2.37. The van der Waals surface area contributed by atoms with Crippen LogP contribution in [0.1, 0.15) is 38.3 Å². The van der Waals surface area contributed by atoms with Crippen molar-refractivity contribution in [2.75, 3.05) is 0 Å². The second-order valence-electron chi connectivity index (χ2n) is 6.15. The molecule has 0 unspecified atom stereocenters. The molecule has 0 aliphatic rings. The Morgan fingerprint density at radius 1 is 1.08 bits per heavy atom. The number of benzene rings is 2. The lowest BCUT2D eigenvalue weighted by molar-refractivity contribution is -0.137. The molecule has 0 aliphatic heterocycles. The lowest BCUT2D eigenvalue weighted by Gasteiger charge is -2.06. The van der Waals surface area contributed by atoms with Crippen LogP contribution in [-0.4, -0.2) is 5.78 Å². The van der Waals surface area contributed by atoms with E-state index in [2.05, 4.69) is 0 Å². The van der Waals surface area contributed by atoms with Gasteiger partial charge in [-0.25, -0.2) is 0 Å². The van der Waals surface area contributed by atoms with Crippen LogP contribution < -0.4 is 0 Å². The van der Waals surface area contributed by atoms with Crippen molar-refractivity contribution in [2.45, 2.75) is 32.9 Å². The van der Waals surface area contributed by atoms with Crippen LogP contribution in [0.5, 0.6) is 0 Å². The first-order valence-electron chi connectivity index (χ1n) is 7.95. The van der Waals surface area contributed by atoms with Crippen molar-refractivity contribution in [2.24, 2.45) is 0 Å². The number of alkyl halides is 3. The van der Waals surface area contributed by atoms with Crippen molar-refractivity contribution >= 4 is 27.2 Å². The van der Waals surface area contributed by atoms with Crippen LogP contribution in [0.2, 0.25) is 0 Å². The molecule has 3 rings (SSSR count). The summed E-state index contributed by atoms with van der Waals surface area (Å²) in [5, 5.41) is 0.623. The first-order valence-corrected chi connectivity index (χ1v) is 8.76. The Hall–Kier alpha value is -2.14. The smallest absolute Gasteiger partial charge is 0.294 e. The van der Waals surface area contributed by atoms with Gasteiger partial charge in [-0.1, -0.05) is 23.8 Å². The SMILES string of the molecule is Cc1cccc(C(=O)CCc2sc3ccc(C(F)(F)F)cc3c2C)c1. The number of carbonyl (C=O) groups excluding carboxylic acids is 1. The molecule has 1 heterocycles. The number of halogens is 3. The summed E-state index contributed by atoms with van der Waals surface area (Å²) in [4.78, 5) is 13.3. The van der Waals surface area contributed by atoms with Crippen LogP contribution in [0, 0.1) is 13.8 Å². The van der Waals surface area contributed by atoms with Gasteiger partial charge in [0.25, 0.3) is 0 Å². The highest BCUT2D eigenvalue weighted by molar-refractivity contribution is 7.19. The fraction of sp³-hybridized carbons (Fsp3) is 0.250. The predicted octanol–water partition coefficient (Wildman–Crippen LogP) is 6.35. The third-order valence-corrected chi connectivity index (χ3v) is 5.61. The molecule has 0 saturated heterocycles. The predicted molar refractivity (Wildman–Crippen MR) is 95.4 cm³/mol. The van der Waals surface area contributed by atoms with Crippen LogP contribution in [0.25, 0.3) is 10.1 Å². The number of thiophene rings is 1. The van der Waals surface area contributed by atoms with Crippen LogP contribution in [-0.2, 0) is 12.6 Å². The van der Waals surface area contributed by atoms with Crippen molar-refractivity contribution in [1.29, 1.82) is 0 Å². The third kappa shape index (κ3) is 3.76. The molecule has 0 saturated carbocycles. The molecule has 0 radical (unpaired) electrons. The summed E-state index contributed by atoms with van der Waals surface area (Å²) in [5.41, 5.74) is 1.91. The van der Waals surface area contributed by atoms with Gasteiger partial charge in [-0.05, 0) is 55.5 Å². The molecule has 0 N–H and O–H groups in total. The normalized spacial score (nSPS) is 11.9. The fourth-order valence-corrected chi connectivity index (χ4v) is 4.07. The molecule has 2 aromatic carbocycles. The average molecular weight is 362 g/mol. The minimum Gasteiger partial charge on any atom is -0.294 e. The van der Waals surface area contributed by atoms with Crippen LogP contribution in [0.3, 0.4) is 0 Å². The molecule has 1 nitrogen and oxygen atoms in total. The fourth-order valence-electron chi connectivity index (χ4n) is 2.88. The molecule has 130 valence electrons. The summed E-state index contributed by atoms with van der Waals surface area (Å²) in [7, 11) is 0. The number of Topliss-reactive ketones (excluding diaryl/α,β-unsaturated/α-hetero) is 1. The van der Waals surface area contributed by atoms with E-state index >= 15 is 0 Å². The number of fused-ring (bicyclic) bond motifs is 1. The standard InChI is InChI=1S/C20H17F3OS/c1-12-4-3-5-14(10-12)17(24)7-9-18-13(2)16-11-15(20(21,22)23)6-8-19(16)25-18/h3-6,8,10-11H,7,9H2,1-2H3. The molecular formula is C20H17F3OS. The van der Waals surface area contributed by atoms with Crippen molar-refractivity contribution in [3.05, 3.63) is 69.6 Å². The maximum Gasteiger partial charge on any atom is 0.416 e. The Morgan fingerprint density at radius 2 is 1.84 bits per heavy atom. The van der Waals surface area contributed by atoms with E-state index in [1.165, 1.54) is 23.5 Å². The quantitative estimate of drug-likeness (QED) is 0.494. The maximum absolute atomic E-state index is 12.9. The maximum atomic E-state index is 12.9. The number of rotatable bonds is 4. The summed E-state index contributed by atoms with van der Waals surface area (Å²) >= 11 is 1.46. The molecule has 3 aromatic rings. The van der Waals surface area contributed by atoms with Crippen molar-refractivity contribution < 1.29 is 18.0 Å². The number of carbonyl (C=O) groups is 1. The Bertz CT molecular complexity index is 938. The summed E-state index contributed by atoms with van der Waals surface area (Å²) in [6.07, 6.45) is -3.45. The van der Waals surface area contributed by atoms with E-state index in [-0.39, 0.29) is 5.78 Å². The first-order chi connectivity index (χ1) is 11.8. The lowest BCUT2D eigenvalue weighted by atomic mass is 10.0. The number of aryl methyl sites for hydroxylation is 3. The molecule has 0 atom stereocenters. The zero-order valence-corrected chi connectivity index (χ0v) is 14.7. The molecule has 1 aromatic heterocycles. The summed E-state index contributed by atoms with van der Waals surface area (Å²) in [6, 6.07) is 11.3. The summed E-state index contributed by atoms with van der Waals surface area (Å²) in [6.45, 7) is 3.76. The van der Waals surface area contributed by atoms with Gasteiger partial charge in [-0.15, -0.1) is 11.3 Å². The molecule has 25 heavy (non-hydrogen) atoms. The van der Waals surface area contributed by atoms with Crippen molar-refractivity contribution in [1.82, 2.24) is 0 Å². The van der Waals surface area contributed by atoms with Crippen LogP contribution >= 0.6 is 11.3 Å². The summed E-state index contributed by atoms with van der Waals surface area (Å²) in [5.74, 6) is 0.0523. The Balaban J connectivity index is 1.82. The summed E-state index contributed by atoms with van der Waals surface area (Å²) < 4.78 is 39.5. The largest absolute Gasteiger partial charge is 0.416 e. The zero-order valence-electron chi connectivity index (χ0n) is 13.9. The van der Waals surface area contributed by atoms with Gasteiger partial charge in [0, 0.05) is 21.6 Å². The second kappa shape index (κ2) is 6.64. The molecule has 0 spiro atoms. The zero-order chi connectivity index (χ0) is 18.2. The van der Waals surface area contributed by atoms with Gasteiger partial charge in [0.05, 0.1) is 5.56 Å². The van der Waals surface area contributed by atoms with E-state index in [1.54, 1.807) is 6.07 Å². The van der Waals surface area contributed by atoms with E-state index < -0.39 is 11.7 Å². The number of ketones is 1. The third-order valence-electron chi connectivity index (χ3n) is 4.28. The molecule has 0 bridgehead atoms. The van der Waals surface area contributed by atoms with Gasteiger partial charge in [0.15, 0.2) is 5.78 Å². The highest BCUT2D eigenvalue weighted by Gasteiger charge is 2.30. The minimum absolute atomic E-state index is 0.0523. The number of hydrogen-bond donors (Lipinski definition) is 0. The topological polar surface area (TPSA) is 17.1 Å². The molecule has 5 heteroatoms. The number of hydrogen-bond acceptors (Lipinski definition) is 2. The molecule has 0 fully saturated rings.